The summed E-state index contributed by atoms with van der Waals surface area (Å²) in [5.41, 5.74) is 6.48. The number of pyridine rings is 1. The Morgan fingerprint density at radius 2 is 2.00 bits per heavy atom. The van der Waals surface area contributed by atoms with Crippen LogP contribution in [0.5, 0.6) is 5.75 Å². The third-order valence-corrected chi connectivity index (χ3v) is 5.37. The van der Waals surface area contributed by atoms with Gasteiger partial charge in [0, 0.05) is 42.4 Å². The molecule has 0 bridgehead atoms. The van der Waals surface area contributed by atoms with Gasteiger partial charge in [-0.1, -0.05) is 19.1 Å². The van der Waals surface area contributed by atoms with Gasteiger partial charge < -0.3 is 14.8 Å². The average Bonchev–Trinajstić information content (AvgIpc) is 3.30. The van der Waals surface area contributed by atoms with E-state index in [2.05, 4.69) is 20.1 Å². The van der Waals surface area contributed by atoms with Gasteiger partial charge in [0.2, 0.25) is 0 Å². The van der Waals surface area contributed by atoms with E-state index in [1.807, 2.05) is 43.5 Å². The number of hydrazone groups is 1. The third kappa shape index (κ3) is 3.84. The highest BCUT2D eigenvalue weighted by Crippen LogP contribution is 2.28. The molecule has 0 fully saturated rings. The molecule has 1 amide bonds. The van der Waals surface area contributed by atoms with Crippen LogP contribution in [0.25, 0.3) is 17.1 Å². The van der Waals surface area contributed by atoms with Crippen molar-refractivity contribution in [1.82, 2.24) is 15.0 Å². The van der Waals surface area contributed by atoms with Gasteiger partial charge in [0.1, 0.15) is 11.4 Å². The summed E-state index contributed by atoms with van der Waals surface area (Å²) in [6, 6.07) is 10.8. The highest BCUT2D eigenvalue weighted by molar-refractivity contribution is 6.29. The van der Waals surface area contributed by atoms with Gasteiger partial charge in [-0.15, -0.1) is 0 Å². The van der Waals surface area contributed by atoms with Gasteiger partial charge in [-0.25, -0.2) is 10.4 Å². The van der Waals surface area contributed by atoms with Gasteiger partial charge in [-0.05, 0) is 48.7 Å². The van der Waals surface area contributed by atoms with E-state index in [4.69, 9.17) is 5.11 Å². The summed E-state index contributed by atoms with van der Waals surface area (Å²) in [6.07, 6.45) is 7.19. The van der Waals surface area contributed by atoms with Crippen LogP contribution < -0.4 is 5.43 Å². The number of phenols is 1. The monoisotopic (exact) mass is 404 g/mol. The van der Waals surface area contributed by atoms with Crippen molar-refractivity contribution in [2.24, 2.45) is 5.10 Å². The van der Waals surface area contributed by atoms with Crippen LogP contribution in [0.4, 0.5) is 0 Å². The summed E-state index contributed by atoms with van der Waals surface area (Å²) in [7, 11) is 0. The van der Waals surface area contributed by atoms with Gasteiger partial charge in [0.15, 0.2) is 0 Å². The number of aliphatic hydroxyl groups is 1. The number of hydrogen-bond acceptors (Lipinski definition) is 5. The Bertz CT molecular complexity index is 1130. The molecule has 4 rings (SSSR count). The minimum Gasteiger partial charge on any atom is -0.508 e. The molecule has 7 nitrogen and oxygen atoms in total. The smallest absolute Gasteiger partial charge is 0.273 e. The fourth-order valence-corrected chi connectivity index (χ4v) is 3.72. The van der Waals surface area contributed by atoms with Crippen LogP contribution in [-0.4, -0.2) is 38.0 Å². The number of aromatic nitrogens is 2. The van der Waals surface area contributed by atoms with Crippen molar-refractivity contribution in [3.05, 3.63) is 65.5 Å². The molecule has 7 heteroatoms. The number of unbranched alkanes of at least 4 members (excludes halogenated alkanes) is 1. The van der Waals surface area contributed by atoms with E-state index in [0.717, 1.165) is 41.5 Å². The number of aliphatic hydroxyl groups excluding tert-OH is 1. The summed E-state index contributed by atoms with van der Waals surface area (Å²) in [5.74, 6) is -0.154. The van der Waals surface area contributed by atoms with Gasteiger partial charge in [0.25, 0.3) is 5.91 Å². The molecule has 0 saturated heterocycles. The zero-order valence-electron chi connectivity index (χ0n) is 16.7. The Labute approximate surface area is 174 Å². The van der Waals surface area contributed by atoms with Crippen LogP contribution in [0.3, 0.4) is 0 Å². The Morgan fingerprint density at radius 3 is 2.77 bits per heavy atom. The summed E-state index contributed by atoms with van der Waals surface area (Å²) in [6.45, 7) is 2.89. The molecule has 1 aromatic carbocycles. The van der Waals surface area contributed by atoms with Crippen molar-refractivity contribution >= 4 is 28.7 Å². The number of hydrogen-bond donors (Lipinski definition) is 3. The molecule has 3 aromatic rings. The van der Waals surface area contributed by atoms with E-state index >= 15 is 0 Å². The number of nitrogens with one attached hydrogen (secondary N) is 1. The molecule has 2 aromatic heterocycles. The predicted molar refractivity (Wildman–Crippen MR) is 116 cm³/mol. The number of carbonyl (C=O) groups is 1. The van der Waals surface area contributed by atoms with Crippen molar-refractivity contribution in [2.45, 2.75) is 32.2 Å². The normalized spacial score (nSPS) is 16.1. The van der Waals surface area contributed by atoms with E-state index < -0.39 is 0 Å². The van der Waals surface area contributed by atoms with Crippen LogP contribution in [0.1, 0.15) is 36.8 Å². The molecule has 154 valence electrons. The quantitative estimate of drug-likeness (QED) is 0.416. The molecule has 0 saturated carbocycles. The fraction of sp³-hybridized carbons (Fsp3) is 0.261. The molecule has 1 aliphatic rings. The maximum Gasteiger partial charge on any atom is 0.273 e. The number of nitrogens with zero attached hydrogens (tertiary/aromatic N) is 3. The van der Waals surface area contributed by atoms with Crippen molar-refractivity contribution in [3.8, 4) is 5.75 Å². The number of fused-ring (bicyclic) bond motifs is 1. The Balaban J connectivity index is 1.70. The molecular weight excluding hydrogens is 380 g/mol. The summed E-state index contributed by atoms with van der Waals surface area (Å²) in [5, 5.41) is 23.8. The first-order chi connectivity index (χ1) is 14.6. The minimum atomic E-state index is -0.235. The Hall–Kier alpha value is -3.45. The lowest BCUT2D eigenvalue weighted by molar-refractivity contribution is -0.116. The second-order valence-electron chi connectivity index (χ2n) is 7.39. The molecule has 1 unspecified atom stereocenters. The first-order valence-electron chi connectivity index (χ1n) is 10.0. The van der Waals surface area contributed by atoms with Gasteiger partial charge in [-0.3, -0.25) is 4.79 Å². The van der Waals surface area contributed by atoms with Crippen molar-refractivity contribution < 1.29 is 15.0 Å². The number of benzene rings is 1. The second kappa shape index (κ2) is 8.51. The number of carbonyl (C=O) groups excluding carboxylic acids is 1. The molecule has 0 aliphatic carbocycles. The highest BCUT2D eigenvalue weighted by atomic mass is 16.3. The number of rotatable bonds is 7. The van der Waals surface area contributed by atoms with Gasteiger partial charge >= 0.3 is 0 Å². The molecule has 30 heavy (non-hydrogen) atoms. The second-order valence-corrected chi connectivity index (χ2v) is 7.39. The number of aromatic hydroxyl groups is 1. The molecule has 3 N–H and O–H groups in total. The number of amides is 1. The van der Waals surface area contributed by atoms with E-state index in [-0.39, 0.29) is 24.2 Å². The van der Waals surface area contributed by atoms with Gasteiger partial charge in [-0.2, -0.15) is 5.10 Å². The Morgan fingerprint density at radius 1 is 1.20 bits per heavy atom. The molecule has 0 spiro atoms. The molecule has 1 atom stereocenters. The van der Waals surface area contributed by atoms with Crippen LogP contribution in [0.2, 0.25) is 0 Å². The summed E-state index contributed by atoms with van der Waals surface area (Å²) in [4.78, 5) is 17.0. The van der Waals surface area contributed by atoms with E-state index in [1.165, 1.54) is 0 Å². The van der Waals surface area contributed by atoms with E-state index in [1.54, 1.807) is 18.3 Å². The van der Waals surface area contributed by atoms with Crippen LogP contribution >= 0.6 is 0 Å². The first-order valence-corrected chi connectivity index (χ1v) is 10.0. The minimum absolute atomic E-state index is 0.119. The largest absolute Gasteiger partial charge is 0.508 e. The molecule has 1 aliphatic heterocycles. The van der Waals surface area contributed by atoms with E-state index in [9.17, 15) is 9.90 Å². The predicted octanol–water partition coefficient (Wildman–Crippen LogP) is 3.19. The molecule has 3 heterocycles. The average molecular weight is 404 g/mol. The van der Waals surface area contributed by atoms with E-state index in [0.29, 0.717) is 11.3 Å². The van der Waals surface area contributed by atoms with Crippen LogP contribution in [-0.2, 0) is 11.3 Å². The van der Waals surface area contributed by atoms with Crippen molar-refractivity contribution in [2.75, 3.05) is 6.61 Å². The third-order valence-electron chi connectivity index (χ3n) is 5.37. The SMILES string of the molecule is CC(C1=NNC(=O)C1=Cc1cn(CCCCO)c2ncccc12)c1ccc(O)cc1. The van der Waals surface area contributed by atoms with Gasteiger partial charge in [0.05, 0.1) is 11.3 Å². The number of aryl methyl sites for hydroxylation is 1. The van der Waals surface area contributed by atoms with Crippen molar-refractivity contribution in [3.63, 3.8) is 0 Å². The summed E-state index contributed by atoms with van der Waals surface area (Å²) < 4.78 is 2.06. The topological polar surface area (TPSA) is 99.7 Å². The lowest BCUT2D eigenvalue weighted by atomic mass is 9.90. The maximum atomic E-state index is 12.5. The molecular formula is C23H24N4O3. The highest BCUT2D eigenvalue weighted by Gasteiger charge is 2.28. The lowest BCUT2D eigenvalue weighted by Crippen LogP contribution is -2.15. The fourth-order valence-electron chi connectivity index (χ4n) is 3.72. The zero-order valence-corrected chi connectivity index (χ0v) is 16.7. The first kappa shape index (κ1) is 19.8. The van der Waals surface area contributed by atoms with Crippen LogP contribution in [0, 0.1) is 0 Å². The van der Waals surface area contributed by atoms with Crippen LogP contribution in [0.15, 0.2) is 59.5 Å². The van der Waals surface area contributed by atoms with Crippen molar-refractivity contribution in [1.29, 1.82) is 0 Å². The Kier molecular flexibility index (Phi) is 5.63. The lowest BCUT2D eigenvalue weighted by Gasteiger charge is -2.12. The maximum absolute atomic E-state index is 12.5. The number of phenolic OH excluding ortho intramolecular Hbond substituents is 1. The summed E-state index contributed by atoms with van der Waals surface area (Å²) >= 11 is 0. The molecule has 0 radical (unpaired) electrons. The standard InChI is InChI=1S/C23H24N4O3/c1-15(16-6-8-18(29)9-7-16)21-20(23(30)26-25-21)13-17-14-27(11-2-3-12-28)22-19(17)5-4-10-24-22/h4-10,13-15,28-29H,2-3,11-12H2,1H3,(H,26,30). The zero-order chi connectivity index (χ0) is 21.1.